The molecular weight excluding hydrogens is 505 g/mol. The fourth-order valence-corrected chi connectivity index (χ4v) is 6.22. The Bertz CT molecular complexity index is 854. The molecule has 126 valence electrons. The lowest BCUT2D eigenvalue weighted by Gasteiger charge is -2.30. The predicted octanol–water partition coefficient (Wildman–Crippen LogP) is 1.61. The number of thiophene rings is 1. The Hall–Kier alpha value is -0.840. The molecular formula is C16H15BrIN3O2S. The molecule has 8 heteroatoms. The average molecular weight is 520 g/mol. The lowest BCUT2D eigenvalue weighted by atomic mass is 10.0. The summed E-state index contributed by atoms with van der Waals surface area (Å²) in [7, 11) is 2.17. The van der Waals surface area contributed by atoms with Crippen LogP contribution in [0.5, 0.6) is 5.75 Å². The van der Waals surface area contributed by atoms with Crippen LogP contribution in [0.3, 0.4) is 0 Å². The van der Waals surface area contributed by atoms with Crippen LogP contribution in [0.25, 0.3) is 0 Å². The molecule has 1 aromatic heterocycles. The number of amides is 1. The minimum atomic E-state index is -0.492. The second kappa shape index (κ2) is 6.15. The minimum Gasteiger partial charge on any atom is -0.871 e. The number of halogens is 2. The number of carbonyl (C=O) groups excluding carboxylic acids is 1. The summed E-state index contributed by atoms with van der Waals surface area (Å²) in [5, 5.41) is 19.7. The molecule has 0 bridgehead atoms. The molecule has 3 heterocycles. The molecule has 2 aliphatic heterocycles. The molecule has 5 nitrogen and oxygen atoms in total. The van der Waals surface area contributed by atoms with Gasteiger partial charge in [0.15, 0.2) is 0 Å². The zero-order valence-electron chi connectivity index (χ0n) is 12.8. The highest BCUT2D eigenvalue weighted by molar-refractivity contribution is 14.1. The number of benzene rings is 1. The van der Waals surface area contributed by atoms with Gasteiger partial charge < -0.3 is 20.6 Å². The number of fused-ring (bicyclic) bond motifs is 3. The summed E-state index contributed by atoms with van der Waals surface area (Å²) in [5.74, 6) is -0.134. The first-order chi connectivity index (χ1) is 11.4. The maximum absolute atomic E-state index is 12.7. The zero-order valence-corrected chi connectivity index (χ0v) is 17.4. The summed E-state index contributed by atoms with van der Waals surface area (Å²) in [4.78, 5) is 15.4. The van der Waals surface area contributed by atoms with Crippen molar-refractivity contribution in [1.29, 1.82) is 0 Å². The van der Waals surface area contributed by atoms with E-state index >= 15 is 0 Å². The Kier molecular flexibility index (Phi) is 4.26. The second-order valence-electron chi connectivity index (χ2n) is 6.20. The number of quaternary nitrogens is 1. The first-order valence-corrected chi connectivity index (χ1v) is 10.3. The third-order valence-electron chi connectivity index (χ3n) is 4.48. The molecule has 1 amide bonds. The Morgan fingerprint density at radius 2 is 2.21 bits per heavy atom. The van der Waals surface area contributed by atoms with E-state index in [0.29, 0.717) is 9.13 Å². The number of hydrogen-bond acceptors (Lipinski definition) is 4. The maximum atomic E-state index is 12.7. The van der Waals surface area contributed by atoms with Gasteiger partial charge in [-0.05, 0) is 45.9 Å². The van der Waals surface area contributed by atoms with Gasteiger partial charge in [0.25, 0.3) is 5.91 Å². The molecule has 2 atom stereocenters. The molecule has 3 N–H and O–H groups in total. The number of anilines is 1. The van der Waals surface area contributed by atoms with Crippen molar-refractivity contribution in [2.24, 2.45) is 0 Å². The predicted molar refractivity (Wildman–Crippen MR) is 104 cm³/mol. The summed E-state index contributed by atoms with van der Waals surface area (Å²) in [6.45, 7) is 2.00. The lowest BCUT2D eigenvalue weighted by molar-refractivity contribution is -0.895. The van der Waals surface area contributed by atoms with Crippen LogP contribution < -0.4 is 20.6 Å². The highest BCUT2D eigenvalue weighted by atomic mass is 127. The Morgan fingerprint density at radius 1 is 1.42 bits per heavy atom. The van der Waals surface area contributed by atoms with Gasteiger partial charge in [0.05, 0.1) is 24.0 Å². The molecule has 0 saturated carbocycles. The van der Waals surface area contributed by atoms with Crippen molar-refractivity contribution in [1.82, 2.24) is 5.32 Å². The van der Waals surface area contributed by atoms with Gasteiger partial charge in [-0.25, -0.2) is 0 Å². The van der Waals surface area contributed by atoms with E-state index in [0.717, 1.165) is 34.5 Å². The number of carbonyl (C=O) groups is 1. The van der Waals surface area contributed by atoms with E-state index in [1.165, 1.54) is 15.3 Å². The quantitative estimate of drug-likeness (QED) is 0.501. The van der Waals surface area contributed by atoms with Crippen LogP contribution >= 0.6 is 49.9 Å². The van der Waals surface area contributed by atoms with Gasteiger partial charge in [-0.2, -0.15) is 0 Å². The van der Waals surface area contributed by atoms with Crippen LogP contribution in [-0.2, 0) is 13.0 Å². The molecule has 2 aliphatic rings. The van der Waals surface area contributed by atoms with E-state index in [1.807, 2.05) is 22.6 Å². The van der Waals surface area contributed by atoms with Crippen molar-refractivity contribution in [2.75, 3.05) is 18.9 Å². The Balaban J connectivity index is 1.74. The molecule has 0 saturated heterocycles. The van der Waals surface area contributed by atoms with Gasteiger partial charge >= 0.3 is 0 Å². The van der Waals surface area contributed by atoms with Crippen LogP contribution in [-0.4, -0.2) is 19.5 Å². The van der Waals surface area contributed by atoms with E-state index in [4.69, 9.17) is 0 Å². The summed E-state index contributed by atoms with van der Waals surface area (Å²) < 4.78 is 1.47. The van der Waals surface area contributed by atoms with Crippen LogP contribution in [0.15, 0.2) is 16.6 Å². The molecule has 0 radical (unpaired) electrons. The summed E-state index contributed by atoms with van der Waals surface area (Å²) in [5.41, 5.74) is 2.51. The van der Waals surface area contributed by atoms with Crippen LogP contribution in [0.1, 0.15) is 32.5 Å². The number of nitrogens with one attached hydrogen (secondary N) is 3. The smallest absolute Gasteiger partial charge is 0.256 e. The van der Waals surface area contributed by atoms with Gasteiger partial charge in [-0.15, -0.1) is 11.3 Å². The Labute approximate surface area is 165 Å². The first kappa shape index (κ1) is 16.6. The third kappa shape index (κ3) is 2.73. The van der Waals surface area contributed by atoms with Gasteiger partial charge in [0.1, 0.15) is 17.7 Å². The minimum absolute atomic E-state index is 0.0504. The van der Waals surface area contributed by atoms with Gasteiger partial charge in [-0.1, -0.05) is 21.7 Å². The van der Waals surface area contributed by atoms with Crippen molar-refractivity contribution in [3.8, 4) is 5.75 Å². The molecule has 0 aliphatic carbocycles. The van der Waals surface area contributed by atoms with Gasteiger partial charge in [0.2, 0.25) is 0 Å². The van der Waals surface area contributed by atoms with E-state index in [2.05, 4.69) is 33.6 Å². The Morgan fingerprint density at radius 3 is 3.00 bits per heavy atom. The second-order valence-corrected chi connectivity index (χ2v) is 9.38. The maximum Gasteiger partial charge on any atom is 0.256 e. The highest BCUT2D eigenvalue weighted by Gasteiger charge is 2.34. The average Bonchev–Trinajstić information content (AvgIpc) is 2.88. The number of rotatable bonds is 1. The summed E-state index contributed by atoms with van der Waals surface area (Å²) in [6.07, 6.45) is 0.433. The number of hydrogen-bond donors (Lipinski definition) is 3. The summed E-state index contributed by atoms with van der Waals surface area (Å²) >= 11 is 7.10. The lowest BCUT2D eigenvalue weighted by Crippen LogP contribution is -3.08. The third-order valence-corrected chi connectivity index (χ3v) is 6.90. The normalized spacial score (nSPS) is 22.4. The molecule has 0 fully saturated rings. The molecule has 4 rings (SSSR count). The first-order valence-electron chi connectivity index (χ1n) is 7.63. The molecule has 1 aromatic carbocycles. The van der Waals surface area contributed by atoms with Gasteiger partial charge in [0, 0.05) is 14.5 Å². The zero-order chi connectivity index (χ0) is 17.0. The van der Waals surface area contributed by atoms with Crippen LogP contribution in [0.4, 0.5) is 5.00 Å². The largest absolute Gasteiger partial charge is 0.871 e. The molecule has 24 heavy (non-hydrogen) atoms. The highest BCUT2D eigenvalue weighted by Crippen LogP contribution is 2.40. The van der Waals surface area contributed by atoms with Crippen molar-refractivity contribution in [3.63, 3.8) is 0 Å². The fraction of sp³-hybridized carbons (Fsp3) is 0.312. The van der Waals surface area contributed by atoms with Crippen molar-refractivity contribution in [3.05, 3.63) is 41.7 Å². The van der Waals surface area contributed by atoms with Crippen molar-refractivity contribution in [2.45, 2.75) is 19.1 Å². The fourth-order valence-electron chi connectivity index (χ4n) is 3.28. The van der Waals surface area contributed by atoms with Crippen molar-refractivity contribution < 1.29 is 14.8 Å². The molecule has 2 unspecified atom stereocenters. The SMILES string of the molecule is C[NH+]1CCc2c(sc3c2C(=O)NC(c2cc(Br)cc(I)c2[O-])N3)C1. The molecule has 0 spiro atoms. The topological polar surface area (TPSA) is 68.6 Å². The monoisotopic (exact) mass is 519 g/mol. The summed E-state index contributed by atoms with van der Waals surface area (Å²) in [6, 6.07) is 3.56. The van der Waals surface area contributed by atoms with E-state index in [9.17, 15) is 9.90 Å². The number of likely N-dealkylation sites (N-methyl/N-ethyl adjacent to an activating group) is 1. The van der Waals surface area contributed by atoms with Crippen LogP contribution in [0, 0.1) is 3.57 Å². The van der Waals surface area contributed by atoms with E-state index in [1.54, 1.807) is 23.5 Å². The molecule has 2 aromatic rings. The van der Waals surface area contributed by atoms with E-state index in [-0.39, 0.29) is 11.7 Å². The van der Waals surface area contributed by atoms with E-state index < -0.39 is 6.17 Å². The standard InChI is InChI=1S/C16H15BrIN3O2S/c1-21-3-2-8-11(6-21)24-16-12(8)15(23)19-14(20-16)9-4-7(17)5-10(18)13(9)22/h4-5,14,20,22H,2-3,6H2,1H3,(H,19,23). The van der Waals surface area contributed by atoms with Crippen molar-refractivity contribution >= 4 is 60.8 Å². The van der Waals surface area contributed by atoms with Crippen LogP contribution in [0.2, 0.25) is 0 Å². The van der Waals surface area contributed by atoms with Gasteiger partial charge in [-0.3, -0.25) is 4.79 Å².